The Labute approximate surface area is 114 Å². The smallest absolute Gasteiger partial charge is 0.231 e. The summed E-state index contributed by atoms with van der Waals surface area (Å²) in [5.74, 6) is 1.94. The Morgan fingerprint density at radius 2 is 1.95 bits per heavy atom. The van der Waals surface area contributed by atoms with Crippen molar-refractivity contribution in [2.75, 3.05) is 12.5 Å². The van der Waals surface area contributed by atoms with Crippen LogP contribution in [0.3, 0.4) is 0 Å². The standard InChI is InChI=1S/C14H12FNO2S/c15-10-2-3-11(16)14(6-10)19-7-9-1-4-12-13(5-9)18-8-17-12/h1-6H,7-8,16H2. The van der Waals surface area contributed by atoms with Gasteiger partial charge in [0.1, 0.15) is 5.82 Å². The van der Waals surface area contributed by atoms with Gasteiger partial charge in [-0.3, -0.25) is 0 Å². The third kappa shape index (κ3) is 2.61. The molecule has 1 aliphatic rings. The highest BCUT2D eigenvalue weighted by molar-refractivity contribution is 7.98. The molecule has 5 heteroatoms. The Balaban J connectivity index is 1.74. The van der Waals surface area contributed by atoms with E-state index in [1.165, 1.54) is 23.9 Å². The van der Waals surface area contributed by atoms with Crippen molar-refractivity contribution in [2.45, 2.75) is 10.6 Å². The lowest BCUT2D eigenvalue weighted by molar-refractivity contribution is 0.174. The van der Waals surface area contributed by atoms with E-state index in [2.05, 4.69) is 0 Å². The van der Waals surface area contributed by atoms with Gasteiger partial charge in [-0.25, -0.2) is 4.39 Å². The van der Waals surface area contributed by atoms with Crippen molar-refractivity contribution >= 4 is 17.4 Å². The second-order valence-corrected chi connectivity index (χ2v) is 5.18. The van der Waals surface area contributed by atoms with E-state index in [4.69, 9.17) is 15.2 Å². The fourth-order valence-corrected chi connectivity index (χ4v) is 2.76. The summed E-state index contributed by atoms with van der Waals surface area (Å²) in [5, 5.41) is 0. The van der Waals surface area contributed by atoms with E-state index in [0.717, 1.165) is 22.0 Å². The van der Waals surface area contributed by atoms with Gasteiger partial charge in [-0.15, -0.1) is 11.8 Å². The summed E-state index contributed by atoms with van der Waals surface area (Å²) in [6.45, 7) is 0.267. The van der Waals surface area contributed by atoms with Crippen LogP contribution < -0.4 is 15.2 Å². The molecule has 0 radical (unpaired) electrons. The molecule has 0 unspecified atom stereocenters. The fraction of sp³-hybridized carbons (Fsp3) is 0.143. The van der Waals surface area contributed by atoms with Gasteiger partial charge in [-0.05, 0) is 35.9 Å². The number of ether oxygens (including phenoxy) is 2. The van der Waals surface area contributed by atoms with Crippen LogP contribution in [0.25, 0.3) is 0 Å². The number of halogens is 1. The van der Waals surface area contributed by atoms with Crippen molar-refractivity contribution < 1.29 is 13.9 Å². The molecular formula is C14H12FNO2S. The molecule has 98 valence electrons. The minimum Gasteiger partial charge on any atom is -0.454 e. The Morgan fingerprint density at radius 3 is 2.84 bits per heavy atom. The molecule has 19 heavy (non-hydrogen) atoms. The third-order valence-corrected chi connectivity index (χ3v) is 3.95. The van der Waals surface area contributed by atoms with E-state index >= 15 is 0 Å². The summed E-state index contributed by atoms with van der Waals surface area (Å²) in [5.41, 5.74) is 7.48. The average molecular weight is 277 g/mol. The van der Waals surface area contributed by atoms with Crippen molar-refractivity contribution in [3.05, 3.63) is 47.8 Å². The number of fused-ring (bicyclic) bond motifs is 1. The maximum atomic E-state index is 13.1. The lowest BCUT2D eigenvalue weighted by Crippen LogP contribution is -1.93. The molecule has 2 aromatic rings. The Hall–Kier alpha value is -1.88. The van der Waals surface area contributed by atoms with Crippen molar-refractivity contribution in [2.24, 2.45) is 0 Å². The van der Waals surface area contributed by atoms with Crippen molar-refractivity contribution in [1.82, 2.24) is 0 Å². The van der Waals surface area contributed by atoms with Gasteiger partial charge in [-0.1, -0.05) is 6.07 Å². The molecule has 0 bridgehead atoms. The lowest BCUT2D eigenvalue weighted by Gasteiger charge is -2.06. The van der Waals surface area contributed by atoms with Crippen LogP contribution in [0.4, 0.5) is 10.1 Å². The zero-order chi connectivity index (χ0) is 13.2. The Bertz CT molecular complexity index is 618. The number of rotatable bonds is 3. The van der Waals surface area contributed by atoms with Gasteiger partial charge in [0.2, 0.25) is 6.79 Å². The molecule has 0 amide bonds. The topological polar surface area (TPSA) is 44.5 Å². The van der Waals surface area contributed by atoms with Crippen LogP contribution in [-0.2, 0) is 5.75 Å². The molecule has 0 atom stereocenters. The largest absolute Gasteiger partial charge is 0.454 e. The summed E-state index contributed by atoms with van der Waals surface area (Å²) in [7, 11) is 0. The lowest BCUT2D eigenvalue weighted by atomic mass is 10.2. The first kappa shape index (κ1) is 12.2. The molecule has 3 rings (SSSR count). The molecule has 0 spiro atoms. The normalized spacial score (nSPS) is 12.7. The minimum atomic E-state index is -0.276. The highest BCUT2D eigenvalue weighted by atomic mass is 32.2. The zero-order valence-corrected chi connectivity index (χ0v) is 10.9. The number of hydrogen-bond donors (Lipinski definition) is 1. The molecule has 2 aromatic carbocycles. The van der Waals surface area contributed by atoms with Gasteiger partial charge >= 0.3 is 0 Å². The Kier molecular flexibility index (Phi) is 3.21. The van der Waals surface area contributed by atoms with Crippen molar-refractivity contribution in [1.29, 1.82) is 0 Å². The SMILES string of the molecule is Nc1ccc(F)cc1SCc1ccc2c(c1)OCO2. The van der Waals surface area contributed by atoms with Crippen LogP contribution in [0, 0.1) is 5.82 Å². The average Bonchev–Trinajstić information content (AvgIpc) is 2.87. The van der Waals surface area contributed by atoms with E-state index in [1.807, 2.05) is 18.2 Å². The van der Waals surface area contributed by atoms with Crippen LogP contribution >= 0.6 is 11.8 Å². The van der Waals surface area contributed by atoms with Crippen molar-refractivity contribution in [3.63, 3.8) is 0 Å². The number of hydrogen-bond acceptors (Lipinski definition) is 4. The van der Waals surface area contributed by atoms with Crippen LogP contribution in [0.2, 0.25) is 0 Å². The minimum absolute atomic E-state index is 0.267. The predicted octanol–water partition coefficient (Wildman–Crippen LogP) is 3.43. The molecule has 0 aliphatic carbocycles. The van der Waals surface area contributed by atoms with E-state index in [-0.39, 0.29) is 12.6 Å². The number of benzene rings is 2. The summed E-state index contributed by atoms with van der Waals surface area (Å²) in [6.07, 6.45) is 0. The molecule has 0 saturated carbocycles. The van der Waals surface area contributed by atoms with Crippen molar-refractivity contribution in [3.8, 4) is 11.5 Å². The van der Waals surface area contributed by atoms with Gasteiger partial charge in [0.15, 0.2) is 11.5 Å². The van der Waals surface area contributed by atoms with E-state index in [1.54, 1.807) is 6.07 Å². The molecule has 3 nitrogen and oxygen atoms in total. The monoisotopic (exact) mass is 277 g/mol. The van der Waals surface area contributed by atoms with Crippen LogP contribution in [0.1, 0.15) is 5.56 Å². The third-order valence-electron chi connectivity index (χ3n) is 2.81. The van der Waals surface area contributed by atoms with Crippen LogP contribution in [-0.4, -0.2) is 6.79 Å². The summed E-state index contributed by atoms with van der Waals surface area (Å²) < 4.78 is 23.7. The molecule has 0 aromatic heterocycles. The first-order valence-electron chi connectivity index (χ1n) is 5.79. The van der Waals surface area contributed by atoms with Crippen LogP contribution in [0.5, 0.6) is 11.5 Å². The quantitative estimate of drug-likeness (QED) is 0.689. The number of thioether (sulfide) groups is 1. The zero-order valence-electron chi connectivity index (χ0n) is 10.1. The highest BCUT2D eigenvalue weighted by Gasteiger charge is 2.13. The number of nitrogens with two attached hydrogens (primary N) is 1. The van der Waals surface area contributed by atoms with Gasteiger partial charge in [0.25, 0.3) is 0 Å². The van der Waals surface area contributed by atoms with Gasteiger partial charge in [-0.2, -0.15) is 0 Å². The van der Waals surface area contributed by atoms with Gasteiger partial charge in [0.05, 0.1) is 0 Å². The fourth-order valence-electron chi connectivity index (χ4n) is 1.83. The van der Waals surface area contributed by atoms with E-state index in [9.17, 15) is 4.39 Å². The van der Waals surface area contributed by atoms with Crippen LogP contribution in [0.15, 0.2) is 41.3 Å². The maximum Gasteiger partial charge on any atom is 0.231 e. The second kappa shape index (κ2) is 5.01. The predicted molar refractivity (Wildman–Crippen MR) is 72.9 cm³/mol. The van der Waals surface area contributed by atoms with Gasteiger partial charge < -0.3 is 15.2 Å². The number of anilines is 1. The van der Waals surface area contributed by atoms with Gasteiger partial charge in [0, 0.05) is 16.3 Å². The Morgan fingerprint density at radius 1 is 1.11 bits per heavy atom. The first-order chi connectivity index (χ1) is 9.22. The van der Waals surface area contributed by atoms with E-state index < -0.39 is 0 Å². The summed E-state index contributed by atoms with van der Waals surface area (Å²) >= 11 is 1.50. The first-order valence-corrected chi connectivity index (χ1v) is 6.77. The molecular weight excluding hydrogens is 265 g/mol. The van der Waals surface area contributed by atoms with E-state index in [0.29, 0.717) is 11.4 Å². The second-order valence-electron chi connectivity index (χ2n) is 4.16. The molecule has 0 fully saturated rings. The summed E-state index contributed by atoms with van der Waals surface area (Å²) in [6, 6.07) is 10.2. The number of nitrogen functional groups attached to an aromatic ring is 1. The molecule has 1 heterocycles. The highest BCUT2D eigenvalue weighted by Crippen LogP contribution is 2.35. The molecule has 1 aliphatic heterocycles. The molecule has 0 saturated heterocycles. The summed E-state index contributed by atoms with van der Waals surface area (Å²) in [4.78, 5) is 0.748. The molecule has 2 N–H and O–H groups in total. The maximum absolute atomic E-state index is 13.1.